The Morgan fingerprint density at radius 1 is 1.56 bits per heavy atom. The molecule has 0 bridgehead atoms. The summed E-state index contributed by atoms with van der Waals surface area (Å²) in [6, 6.07) is -3.00. The zero-order chi connectivity index (χ0) is 12.5. The molecule has 0 aromatic carbocycles. The van der Waals surface area contributed by atoms with E-state index in [1.165, 1.54) is 6.92 Å². The Bertz CT molecular complexity index is 305. The Labute approximate surface area is 89.8 Å². The van der Waals surface area contributed by atoms with E-state index in [1.54, 1.807) is 0 Å². The average Bonchev–Trinajstić information content (AvgIpc) is 2.11. The molecular weight excluding hydrogens is 227 g/mol. The molecule has 0 aromatic rings. The van der Waals surface area contributed by atoms with Gasteiger partial charge in [-0.15, -0.1) is 0 Å². The Hall–Kier alpha value is -1.15. The first-order valence-corrected chi connectivity index (χ1v) is 4.63. The molecule has 1 aliphatic rings. The summed E-state index contributed by atoms with van der Waals surface area (Å²) in [4.78, 5) is 22.9. The fourth-order valence-electron chi connectivity index (χ4n) is 1.57. The maximum Gasteiger partial charge on any atom is 0.405 e. The van der Waals surface area contributed by atoms with Crippen LogP contribution in [0.2, 0.25) is 0 Å². The van der Waals surface area contributed by atoms with Gasteiger partial charge < -0.3 is 5.73 Å². The number of nitrogens with one attached hydrogen (secondary N) is 1. The molecule has 2 unspecified atom stereocenters. The standard InChI is InChI=1S/C8H12F3N3O2/c1-4-7(16)13-6(15)3-14(4)5(2-12)8(9,10)11/h4-5H,2-3,12H2,1H3,(H,13,15,16). The van der Waals surface area contributed by atoms with Gasteiger partial charge in [-0.25, -0.2) is 0 Å². The fraction of sp³-hybridized carbons (Fsp3) is 0.750. The number of rotatable bonds is 2. The van der Waals surface area contributed by atoms with E-state index in [9.17, 15) is 22.8 Å². The summed E-state index contributed by atoms with van der Waals surface area (Å²) < 4.78 is 37.7. The van der Waals surface area contributed by atoms with Crippen LogP contribution in [0, 0.1) is 0 Å². The molecule has 1 rings (SSSR count). The van der Waals surface area contributed by atoms with Crippen molar-refractivity contribution in [1.82, 2.24) is 10.2 Å². The van der Waals surface area contributed by atoms with Crippen molar-refractivity contribution >= 4 is 11.8 Å². The summed E-state index contributed by atoms with van der Waals surface area (Å²) in [5, 5.41) is 1.96. The van der Waals surface area contributed by atoms with Crippen molar-refractivity contribution in [2.45, 2.75) is 25.2 Å². The molecule has 1 heterocycles. The predicted molar refractivity (Wildman–Crippen MR) is 48.2 cm³/mol. The molecule has 16 heavy (non-hydrogen) atoms. The summed E-state index contributed by atoms with van der Waals surface area (Å²) in [7, 11) is 0. The predicted octanol–water partition coefficient (Wildman–Crippen LogP) is -0.777. The van der Waals surface area contributed by atoms with Crippen molar-refractivity contribution in [3.05, 3.63) is 0 Å². The Morgan fingerprint density at radius 3 is 2.56 bits per heavy atom. The van der Waals surface area contributed by atoms with Crippen molar-refractivity contribution in [3.63, 3.8) is 0 Å². The van der Waals surface area contributed by atoms with Crippen LogP contribution >= 0.6 is 0 Å². The summed E-state index contributed by atoms with van der Waals surface area (Å²) in [5.41, 5.74) is 5.04. The van der Waals surface area contributed by atoms with Gasteiger partial charge in [0.05, 0.1) is 12.6 Å². The first-order valence-electron chi connectivity index (χ1n) is 4.63. The van der Waals surface area contributed by atoms with Crippen LogP contribution in [0.1, 0.15) is 6.92 Å². The molecule has 2 amide bonds. The maximum atomic E-state index is 12.6. The van der Waals surface area contributed by atoms with Gasteiger partial charge in [0.2, 0.25) is 11.8 Å². The number of carbonyl (C=O) groups is 2. The van der Waals surface area contributed by atoms with E-state index in [4.69, 9.17) is 5.73 Å². The lowest BCUT2D eigenvalue weighted by Crippen LogP contribution is -2.64. The highest BCUT2D eigenvalue weighted by molar-refractivity contribution is 6.00. The molecular formula is C8H12F3N3O2. The van der Waals surface area contributed by atoms with Gasteiger partial charge in [-0.2, -0.15) is 13.2 Å². The number of alkyl halides is 3. The summed E-state index contributed by atoms with van der Waals surface area (Å²) >= 11 is 0. The largest absolute Gasteiger partial charge is 0.405 e. The lowest BCUT2D eigenvalue weighted by atomic mass is 10.1. The third-order valence-corrected chi connectivity index (χ3v) is 2.47. The number of nitrogens with two attached hydrogens (primary N) is 1. The summed E-state index contributed by atoms with van der Waals surface area (Å²) in [6.45, 7) is 0.138. The lowest BCUT2D eigenvalue weighted by molar-refractivity contribution is -0.190. The van der Waals surface area contributed by atoms with Crippen LogP contribution in [0.25, 0.3) is 0 Å². The summed E-state index contributed by atoms with van der Waals surface area (Å²) in [6.07, 6.45) is -4.55. The number of nitrogens with zero attached hydrogens (tertiary/aromatic N) is 1. The van der Waals surface area contributed by atoms with E-state index in [0.29, 0.717) is 0 Å². The second kappa shape index (κ2) is 4.38. The molecule has 8 heteroatoms. The number of hydrogen-bond acceptors (Lipinski definition) is 4. The molecule has 0 radical (unpaired) electrons. The van der Waals surface area contributed by atoms with E-state index < -0.39 is 43.2 Å². The minimum Gasteiger partial charge on any atom is -0.329 e. The Morgan fingerprint density at radius 2 is 2.12 bits per heavy atom. The monoisotopic (exact) mass is 239 g/mol. The number of carbonyl (C=O) groups excluding carboxylic acids is 2. The number of piperazine rings is 1. The van der Waals surface area contributed by atoms with Gasteiger partial charge in [0.1, 0.15) is 6.04 Å². The third kappa shape index (κ3) is 2.50. The number of amides is 2. The number of halogens is 3. The van der Waals surface area contributed by atoms with Crippen molar-refractivity contribution in [1.29, 1.82) is 0 Å². The minimum absolute atomic E-state index is 0.478. The van der Waals surface area contributed by atoms with Crippen LogP contribution in [-0.2, 0) is 9.59 Å². The van der Waals surface area contributed by atoms with Crippen LogP contribution in [0.4, 0.5) is 13.2 Å². The molecule has 0 aromatic heterocycles. The van der Waals surface area contributed by atoms with Crippen LogP contribution in [-0.4, -0.2) is 48.1 Å². The Balaban J connectivity index is 2.91. The molecule has 0 saturated carbocycles. The van der Waals surface area contributed by atoms with Gasteiger partial charge in [0, 0.05) is 6.54 Å². The zero-order valence-corrected chi connectivity index (χ0v) is 8.54. The van der Waals surface area contributed by atoms with E-state index in [1.807, 2.05) is 5.32 Å². The molecule has 0 spiro atoms. The molecule has 5 nitrogen and oxygen atoms in total. The SMILES string of the molecule is CC1C(=O)NC(=O)CN1C(CN)C(F)(F)F. The average molecular weight is 239 g/mol. The zero-order valence-electron chi connectivity index (χ0n) is 8.54. The van der Waals surface area contributed by atoms with Gasteiger partial charge in [0.15, 0.2) is 0 Å². The highest BCUT2D eigenvalue weighted by Crippen LogP contribution is 2.26. The van der Waals surface area contributed by atoms with E-state index in [2.05, 4.69) is 0 Å². The molecule has 1 aliphatic heterocycles. The first kappa shape index (κ1) is 12.9. The topological polar surface area (TPSA) is 75.4 Å². The van der Waals surface area contributed by atoms with Crippen LogP contribution in [0.3, 0.4) is 0 Å². The van der Waals surface area contributed by atoms with E-state index in [0.717, 1.165) is 4.90 Å². The lowest BCUT2D eigenvalue weighted by Gasteiger charge is -2.38. The molecule has 1 saturated heterocycles. The normalized spacial score (nSPS) is 25.4. The van der Waals surface area contributed by atoms with E-state index in [-0.39, 0.29) is 0 Å². The number of imide groups is 1. The van der Waals surface area contributed by atoms with Gasteiger partial charge in [0.25, 0.3) is 0 Å². The highest BCUT2D eigenvalue weighted by atomic mass is 19.4. The maximum absolute atomic E-state index is 12.6. The molecule has 0 aliphatic carbocycles. The van der Waals surface area contributed by atoms with Crippen molar-refractivity contribution in [2.24, 2.45) is 5.73 Å². The Kier molecular flexibility index (Phi) is 3.54. The molecule has 3 N–H and O–H groups in total. The van der Waals surface area contributed by atoms with Crippen molar-refractivity contribution in [2.75, 3.05) is 13.1 Å². The van der Waals surface area contributed by atoms with Crippen molar-refractivity contribution in [3.8, 4) is 0 Å². The first-order chi connectivity index (χ1) is 7.27. The van der Waals surface area contributed by atoms with Gasteiger partial charge in [-0.1, -0.05) is 0 Å². The van der Waals surface area contributed by atoms with Crippen molar-refractivity contribution < 1.29 is 22.8 Å². The molecule has 2 atom stereocenters. The van der Waals surface area contributed by atoms with E-state index >= 15 is 0 Å². The smallest absolute Gasteiger partial charge is 0.329 e. The van der Waals surface area contributed by atoms with Crippen LogP contribution in [0.15, 0.2) is 0 Å². The second-order valence-electron chi connectivity index (χ2n) is 3.55. The summed E-state index contributed by atoms with van der Waals surface area (Å²) in [5.74, 6) is -1.48. The van der Waals surface area contributed by atoms with Crippen LogP contribution < -0.4 is 11.1 Å². The quantitative estimate of drug-likeness (QED) is 0.620. The highest BCUT2D eigenvalue weighted by Gasteiger charge is 2.47. The molecule has 1 fully saturated rings. The van der Waals surface area contributed by atoms with Gasteiger partial charge in [-0.05, 0) is 6.92 Å². The third-order valence-electron chi connectivity index (χ3n) is 2.47. The molecule has 92 valence electrons. The minimum atomic E-state index is -4.55. The second-order valence-corrected chi connectivity index (χ2v) is 3.55. The van der Waals surface area contributed by atoms with Gasteiger partial charge in [-0.3, -0.25) is 19.8 Å². The van der Waals surface area contributed by atoms with Gasteiger partial charge >= 0.3 is 6.18 Å². The van der Waals surface area contributed by atoms with Crippen LogP contribution in [0.5, 0.6) is 0 Å². The fourth-order valence-corrected chi connectivity index (χ4v) is 1.57. The number of hydrogen-bond donors (Lipinski definition) is 2.